The zero-order chi connectivity index (χ0) is 18.4. The fourth-order valence-electron chi connectivity index (χ4n) is 2.41. The molecule has 0 fully saturated rings. The van der Waals surface area contributed by atoms with Crippen molar-refractivity contribution < 1.29 is 23.8 Å². The molecule has 0 aliphatic carbocycles. The Labute approximate surface area is 146 Å². The second kappa shape index (κ2) is 8.19. The van der Waals surface area contributed by atoms with Gasteiger partial charge in [0.15, 0.2) is 0 Å². The van der Waals surface area contributed by atoms with E-state index in [9.17, 15) is 9.59 Å². The number of hydrogen-bond acceptors (Lipinski definition) is 5. The van der Waals surface area contributed by atoms with E-state index in [0.717, 1.165) is 11.1 Å². The molecular formula is C19H21NO5. The zero-order valence-corrected chi connectivity index (χ0v) is 14.7. The molecule has 0 aliphatic heterocycles. The van der Waals surface area contributed by atoms with Crippen molar-refractivity contribution in [2.45, 2.75) is 13.5 Å². The number of amides is 1. The van der Waals surface area contributed by atoms with E-state index in [1.807, 2.05) is 13.0 Å². The normalized spacial score (nSPS) is 10.1. The third-order valence-corrected chi connectivity index (χ3v) is 3.72. The van der Waals surface area contributed by atoms with Gasteiger partial charge in [-0.05, 0) is 36.8 Å². The van der Waals surface area contributed by atoms with Crippen LogP contribution in [0.1, 0.15) is 31.8 Å². The van der Waals surface area contributed by atoms with E-state index >= 15 is 0 Å². The topological polar surface area (TPSA) is 73.9 Å². The van der Waals surface area contributed by atoms with Gasteiger partial charge in [0.1, 0.15) is 17.1 Å². The molecule has 0 heterocycles. The number of methoxy groups -OCH3 is 3. The monoisotopic (exact) mass is 343 g/mol. The van der Waals surface area contributed by atoms with E-state index in [1.165, 1.54) is 21.3 Å². The number of carbonyl (C=O) groups is 2. The number of benzene rings is 2. The number of esters is 1. The summed E-state index contributed by atoms with van der Waals surface area (Å²) in [5.74, 6) is 0.178. The van der Waals surface area contributed by atoms with E-state index in [2.05, 4.69) is 5.32 Å². The van der Waals surface area contributed by atoms with Crippen molar-refractivity contribution >= 4 is 11.9 Å². The first kappa shape index (κ1) is 18.3. The predicted molar refractivity (Wildman–Crippen MR) is 93.2 cm³/mol. The van der Waals surface area contributed by atoms with Crippen LogP contribution in [0.25, 0.3) is 0 Å². The molecule has 0 aliphatic rings. The Hall–Kier alpha value is -3.02. The second-order valence-corrected chi connectivity index (χ2v) is 5.41. The molecule has 1 N–H and O–H groups in total. The lowest BCUT2D eigenvalue weighted by atomic mass is 10.1. The van der Waals surface area contributed by atoms with Crippen LogP contribution in [0.2, 0.25) is 0 Å². The molecule has 1 amide bonds. The van der Waals surface area contributed by atoms with E-state index in [0.29, 0.717) is 22.6 Å². The molecule has 2 aromatic rings. The van der Waals surface area contributed by atoms with Gasteiger partial charge in [-0.2, -0.15) is 0 Å². The highest BCUT2D eigenvalue weighted by Gasteiger charge is 2.15. The Morgan fingerprint density at radius 3 is 2.20 bits per heavy atom. The lowest BCUT2D eigenvalue weighted by Gasteiger charge is -2.12. The summed E-state index contributed by atoms with van der Waals surface area (Å²) in [7, 11) is 4.31. The zero-order valence-electron chi connectivity index (χ0n) is 14.7. The first-order valence-corrected chi connectivity index (χ1v) is 7.68. The third-order valence-electron chi connectivity index (χ3n) is 3.72. The van der Waals surface area contributed by atoms with Crippen molar-refractivity contribution in [1.29, 1.82) is 0 Å². The van der Waals surface area contributed by atoms with Crippen LogP contribution in [0.3, 0.4) is 0 Å². The second-order valence-electron chi connectivity index (χ2n) is 5.41. The van der Waals surface area contributed by atoms with Crippen LogP contribution < -0.4 is 14.8 Å². The lowest BCUT2D eigenvalue weighted by Crippen LogP contribution is -2.23. The van der Waals surface area contributed by atoms with Crippen molar-refractivity contribution in [1.82, 2.24) is 5.32 Å². The van der Waals surface area contributed by atoms with Crippen LogP contribution in [0.5, 0.6) is 11.5 Å². The average Bonchev–Trinajstić information content (AvgIpc) is 2.65. The number of ether oxygens (including phenoxy) is 3. The van der Waals surface area contributed by atoms with Gasteiger partial charge in [-0.1, -0.05) is 17.7 Å². The van der Waals surface area contributed by atoms with E-state index in [1.54, 1.807) is 30.3 Å². The molecule has 0 saturated heterocycles. The van der Waals surface area contributed by atoms with Crippen molar-refractivity contribution in [3.8, 4) is 11.5 Å². The molecule has 0 bridgehead atoms. The van der Waals surface area contributed by atoms with Crippen molar-refractivity contribution in [2.24, 2.45) is 0 Å². The highest BCUT2D eigenvalue weighted by atomic mass is 16.5. The molecule has 6 heteroatoms. The van der Waals surface area contributed by atoms with Gasteiger partial charge in [-0.25, -0.2) is 4.79 Å². The first-order valence-electron chi connectivity index (χ1n) is 7.68. The number of carbonyl (C=O) groups excluding carboxylic acids is 2. The molecule has 132 valence electrons. The predicted octanol–water partition coefficient (Wildman–Crippen LogP) is 2.73. The Morgan fingerprint density at radius 1 is 0.920 bits per heavy atom. The molecule has 0 saturated carbocycles. The van der Waals surface area contributed by atoms with Gasteiger partial charge in [-0.3, -0.25) is 4.79 Å². The Morgan fingerprint density at radius 2 is 1.56 bits per heavy atom. The Bertz CT molecular complexity index is 785. The fourth-order valence-corrected chi connectivity index (χ4v) is 2.41. The summed E-state index contributed by atoms with van der Waals surface area (Å²) in [5.41, 5.74) is 2.48. The van der Waals surface area contributed by atoms with Gasteiger partial charge in [0, 0.05) is 6.54 Å². The van der Waals surface area contributed by atoms with Gasteiger partial charge in [-0.15, -0.1) is 0 Å². The summed E-state index contributed by atoms with van der Waals surface area (Å²) >= 11 is 0. The molecule has 6 nitrogen and oxygen atoms in total. The van der Waals surface area contributed by atoms with Crippen molar-refractivity contribution in [2.75, 3.05) is 21.3 Å². The molecule has 0 atom stereocenters. The molecule has 0 radical (unpaired) electrons. The maximum absolute atomic E-state index is 12.4. The summed E-state index contributed by atoms with van der Waals surface area (Å²) in [6.07, 6.45) is 0. The highest BCUT2D eigenvalue weighted by Crippen LogP contribution is 2.22. The Kier molecular flexibility index (Phi) is 6.00. The summed E-state index contributed by atoms with van der Waals surface area (Å²) in [6.45, 7) is 2.16. The minimum absolute atomic E-state index is 0.254. The van der Waals surface area contributed by atoms with Crippen LogP contribution in [0, 0.1) is 6.92 Å². The van der Waals surface area contributed by atoms with Gasteiger partial charge in [0.05, 0.1) is 26.9 Å². The lowest BCUT2D eigenvalue weighted by molar-refractivity contribution is 0.0597. The van der Waals surface area contributed by atoms with E-state index < -0.39 is 5.97 Å². The van der Waals surface area contributed by atoms with Gasteiger partial charge in [0.25, 0.3) is 5.91 Å². The molecule has 2 rings (SSSR count). The number of rotatable bonds is 6. The maximum Gasteiger partial charge on any atom is 0.341 e. The van der Waals surface area contributed by atoms with Crippen LogP contribution in [0.4, 0.5) is 0 Å². The molecule has 25 heavy (non-hydrogen) atoms. The van der Waals surface area contributed by atoms with Crippen molar-refractivity contribution in [3.05, 3.63) is 58.7 Å². The summed E-state index contributed by atoms with van der Waals surface area (Å²) in [6, 6.07) is 10.5. The number of hydrogen-bond donors (Lipinski definition) is 1. The van der Waals surface area contributed by atoms with E-state index in [4.69, 9.17) is 14.2 Å². The highest BCUT2D eigenvalue weighted by molar-refractivity contribution is 5.97. The van der Waals surface area contributed by atoms with Gasteiger partial charge < -0.3 is 19.5 Å². The van der Waals surface area contributed by atoms with Crippen LogP contribution in [-0.2, 0) is 11.3 Å². The Balaban J connectivity index is 2.17. The van der Waals surface area contributed by atoms with E-state index in [-0.39, 0.29) is 12.5 Å². The fraction of sp³-hybridized carbons (Fsp3) is 0.263. The summed E-state index contributed by atoms with van der Waals surface area (Å²) in [5, 5.41) is 2.83. The van der Waals surface area contributed by atoms with Crippen LogP contribution >= 0.6 is 0 Å². The molecular weight excluding hydrogens is 322 g/mol. The quantitative estimate of drug-likeness (QED) is 0.817. The molecule has 2 aromatic carbocycles. The molecule has 0 aromatic heterocycles. The first-order chi connectivity index (χ1) is 12.0. The largest absolute Gasteiger partial charge is 0.496 e. The van der Waals surface area contributed by atoms with Gasteiger partial charge >= 0.3 is 5.97 Å². The van der Waals surface area contributed by atoms with Crippen molar-refractivity contribution in [3.63, 3.8) is 0 Å². The summed E-state index contributed by atoms with van der Waals surface area (Å²) in [4.78, 5) is 24.3. The molecule has 0 spiro atoms. The number of nitrogens with one attached hydrogen (secondary N) is 1. The van der Waals surface area contributed by atoms with Gasteiger partial charge in [0.2, 0.25) is 0 Å². The number of aryl methyl sites for hydroxylation is 1. The smallest absolute Gasteiger partial charge is 0.341 e. The maximum atomic E-state index is 12.4. The van der Waals surface area contributed by atoms with Crippen LogP contribution in [0.15, 0.2) is 36.4 Å². The molecule has 0 unspecified atom stereocenters. The third kappa shape index (κ3) is 4.29. The minimum Gasteiger partial charge on any atom is -0.496 e. The summed E-state index contributed by atoms with van der Waals surface area (Å²) < 4.78 is 15.1. The standard InChI is InChI=1S/C19H21NO5/c1-12-5-7-16(23-2)14(9-12)18(21)20-11-13-6-8-17(24-3)15(10-13)19(22)25-4/h5-10H,11H2,1-4H3,(H,20,21). The SMILES string of the molecule is COC(=O)c1cc(CNC(=O)c2cc(C)ccc2OC)ccc1OC. The van der Waals surface area contributed by atoms with Crippen LogP contribution in [-0.4, -0.2) is 33.2 Å². The average molecular weight is 343 g/mol. The minimum atomic E-state index is -0.495.